The van der Waals surface area contributed by atoms with Crippen LogP contribution in [0.15, 0.2) is 12.3 Å². The van der Waals surface area contributed by atoms with Crippen LogP contribution in [0.2, 0.25) is 0 Å². The second-order valence-corrected chi connectivity index (χ2v) is 8.24. The van der Waals surface area contributed by atoms with Crippen LogP contribution in [0.1, 0.15) is 48.0 Å². The molecule has 134 valence electrons. The molecular formula is C18H35N3O2. The van der Waals surface area contributed by atoms with Gasteiger partial charge < -0.3 is 16.0 Å². The fraction of sp³-hybridized carbons (Fsp3) is 0.778. The number of hydrogen-bond donors (Lipinski definition) is 2. The summed E-state index contributed by atoms with van der Waals surface area (Å²) in [6, 6.07) is 0. The van der Waals surface area contributed by atoms with E-state index in [0.29, 0.717) is 17.7 Å². The molecule has 1 aliphatic carbocycles. The molecule has 0 unspecified atom stereocenters. The molecule has 2 aliphatic rings. The number of primary amides is 1. The van der Waals surface area contributed by atoms with Crippen molar-refractivity contribution in [2.24, 2.45) is 28.4 Å². The second kappa shape index (κ2) is 8.37. The molecular weight excluding hydrogens is 290 g/mol. The van der Waals surface area contributed by atoms with E-state index in [1.54, 1.807) is 0 Å². The number of rotatable bonds is 2. The average molecular weight is 325 g/mol. The number of carbonyl (C=O) groups excluding carboxylic acids is 2. The van der Waals surface area contributed by atoms with E-state index in [1.807, 2.05) is 14.0 Å². The Labute approximate surface area is 141 Å². The van der Waals surface area contributed by atoms with Crippen molar-refractivity contribution >= 4 is 12.3 Å². The zero-order valence-corrected chi connectivity index (χ0v) is 15.9. The molecule has 3 N–H and O–H groups in total. The van der Waals surface area contributed by atoms with Gasteiger partial charge in [-0.05, 0) is 35.3 Å². The third-order valence-electron chi connectivity index (χ3n) is 4.58. The van der Waals surface area contributed by atoms with E-state index < -0.39 is 0 Å². The Morgan fingerprint density at radius 2 is 1.70 bits per heavy atom. The predicted octanol–water partition coefficient (Wildman–Crippen LogP) is 2.38. The molecule has 2 amide bonds. The SMILES string of the molecule is C=C(C)NC.CC(C)(C)CC(=O)N1C[C@@H]2[C@H](C1)C2(C)C.NC=O. The lowest BCUT2D eigenvalue weighted by Crippen LogP contribution is -2.35. The van der Waals surface area contributed by atoms with E-state index >= 15 is 0 Å². The van der Waals surface area contributed by atoms with E-state index in [4.69, 9.17) is 4.79 Å². The Bertz CT molecular complexity index is 410. The van der Waals surface area contributed by atoms with Crippen LogP contribution >= 0.6 is 0 Å². The van der Waals surface area contributed by atoms with Crippen molar-refractivity contribution in [3.8, 4) is 0 Å². The summed E-state index contributed by atoms with van der Waals surface area (Å²) in [5.74, 6) is 1.91. The minimum absolute atomic E-state index is 0.124. The van der Waals surface area contributed by atoms with Crippen LogP contribution in [0.3, 0.4) is 0 Å². The summed E-state index contributed by atoms with van der Waals surface area (Å²) in [4.78, 5) is 22.6. The molecule has 2 rings (SSSR count). The zero-order valence-electron chi connectivity index (χ0n) is 15.9. The van der Waals surface area contributed by atoms with Gasteiger partial charge >= 0.3 is 0 Å². The lowest BCUT2D eigenvalue weighted by atomic mass is 9.91. The lowest BCUT2D eigenvalue weighted by Gasteiger charge is -2.26. The number of carbonyl (C=O) groups is 2. The van der Waals surface area contributed by atoms with E-state index in [1.165, 1.54) is 0 Å². The molecule has 2 atom stereocenters. The monoisotopic (exact) mass is 325 g/mol. The van der Waals surface area contributed by atoms with E-state index in [0.717, 1.165) is 30.6 Å². The molecule has 23 heavy (non-hydrogen) atoms. The largest absolute Gasteiger partial charge is 0.392 e. The molecule has 0 spiro atoms. The highest BCUT2D eigenvalue weighted by molar-refractivity contribution is 5.77. The Morgan fingerprint density at radius 1 is 1.35 bits per heavy atom. The third-order valence-corrected chi connectivity index (χ3v) is 4.58. The summed E-state index contributed by atoms with van der Waals surface area (Å²) in [6.07, 6.45) is 0.937. The molecule has 0 aromatic heterocycles. The molecule has 5 nitrogen and oxygen atoms in total. The van der Waals surface area contributed by atoms with Crippen molar-refractivity contribution in [2.45, 2.75) is 48.0 Å². The number of fused-ring (bicyclic) bond motifs is 1. The van der Waals surface area contributed by atoms with Crippen molar-refractivity contribution in [2.75, 3.05) is 20.1 Å². The van der Waals surface area contributed by atoms with Gasteiger partial charge in [-0.15, -0.1) is 0 Å². The van der Waals surface area contributed by atoms with Crippen molar-refractivity contribution in [3.63, 3.8) is 0 Å². The van der Waals surface area contributed by atoms with Gasteiger partial charge in [-0.3, -0.25) is 9.59 Å². The van der Waals surface area contributed by atoms with E-state index in [2.05, 4.69) is 57.1 Å². The predicted molar refractivity (Wildman–Crippen MR) is 95.5 cm³/mol. The number of nitrogens with one attached hydrogen (secondary N) is 1. The fourth-order valence-electron chi connectivity index (χ4n) is 2.90. The first kappa shape index (κ1) is 21.5. The van der Waals surface area contributed by atoms with Crippen LogP contribution in [0.5, 0.6) is 0 Å². The lowest BCUT2D eigenvalue weighted by molar-refractivity contribution is -0.132. The number of amides is 2. The summed E-state index contributed by atoms with van der Waals surface area (Å²) >= 11 is 0. The van der Waals surface area contributed by atoms with Gasteiger partial charge in [0.05, 0.1) is 0 Å². The number of nitrogens with two attached hydrogens (primary N) is 1. The smallest absolute Gasteiger partial charge is 0.223 e. The standard InChI is InChI=1S/C13H23NO.C4H9N.CH3NO/c1-12(2,3)6-11(15)14-7-9-10(8-14)13(9,4)5;1-4(2)5-3;2-1-3/h9-10H,6-8H2,1-5H3;5H,1H2,2-3H3;1H,(H2,2,3)/t9-,10+;;. The van der Waals surface area contributed by atoms with Gasteiger partial charge in [0.1, 0.15) is 0 Å². The van der Waals surface area contributed by atoms with Gasteiger partial charge in [-0.2, -0.15) is 0 Å². The highest BCUT2D eigenvalue weighted by Gasteiger charge is 2.62. The van der Waals surface area contributed by atoms with Gasteiger partial charge in [0.2, 0.25) is 12.3 Å². The molecule has 0 radical (unpaired) electrons. The highest BCUT2D eigenvalue weighted by Crippen LogP contribution is 2.62. The Balaban J connectivity index is 0.000000511. The summed E-state index contributed by atoms with van der Waals surface area (Å²) < 4.78 is 0. The van der Waals surface area contributed by atoms with Crippen molar-refractivity contribution in [1.82, 2.24) is 10.2 Å². The number of nitrogens with zero attached hydrogens (tertiary/aromatic N) is 1. The maximum absolute atomic E-state index is 12.0. The molecule has 1 saturated heterocycles. The Kier molecular flexibility index (Phi) is 7.81. The summed E-state index contributed by atoms with van der Waals surface area (Å²) in [7, 11) is 1.85. The topological polar surface area (TPSA) is 75.4 Å². The Morgan fingerprint density at radius 3 is 1.96 bits per heavy atom. The van der Waals surface area contributed by atoms with Crippen LogP contribution in [0, 0.1) is 22.7 Å². The van der Waals surface area contributed by atoms with Crippen molar-refractivity contribution in [1.29, 1.82) is 0 Å². The van der Waals surface area contributed by atoms with Gasteiger partial charge in [0.15, 0.2) is 0 Å². The maximum Gasteiger partial charge on any atom is 0.223 e. The fourth-order valence-corrected chi connectivity index (χ4v) is 2.90. The molecule has 0 aromatic carbocycles. The first-order valence-corrected chi connectivity index (χ1v) is 8.17. The van der Waals surface area contributed by atoms with Gasteiger partial charge in [0.25, 0.3) is 0 Å². The Hall–Kier alpha value is -1.52. The van der Waals surface area contributed by atoms with Gasteiger partial charge in [-0.25, -0.2) is 0 Å². The molecule has 2 fully saturated rings. The molecule has 0 bridgehead atoms. The number of piperidine rings is 1. The number of allylic oxidation sites excluding steroid dienone is 1. The molecule has 1 heterocycles. The van der Waals surface area contributed by atoms with E-state index in [-0.39, 0.29) is 11.8 Å². The average Bonchev–Trinajstić information content (AvgIpc) is 2.79. The van der Waals surface area contributed by atoms with Crippen LogP contribution in [0.4, 0.5) is 0 Å². The molecule has 5 heteroatoms. The normalized spacial score (nSPS) is 23.3. The highest BCUT2D eigenvalue weighted by atomic mass is 16.2. The van der Waals surface area contributed by atoms with Crippen LogP contribution in [-0.4, -0.2) is 37.4 Å². The molecule has 0 aromatic rings. The van der Waals surface area contributed by atoms with Crippen LogP contribution < -0.4 is 11.1 Å². The van der Waals surface area contributed by atoms with Gasteiger partial charge in [0, 0.05) is 26.6 Å². The number of hydrogen-bond acceptors (Lipinski definition) is 3. The first-order valence-electron chi connectivity index (χ1n) is 8.17. The molecule has 1 saturated carbocycles. The van der Waals surface area contributed by atoms with Crippen molar-refractivity contribution < 1.29 is 9.59 Å². The second-order valence-electron chi connectivity index (χ2n) is 8.24. The molecule has 1 aliphatic heterocycles. The summed E-state index contributed by atoms with van der Waals surface area (Å²) in [5.41, 5.74) is 5.81. The van der Waals surface area contributed by atoms with E-state index in [9.17, 15) is 4.79 Å². The first-order chi connectivity index (χ1) is 10.4. The van der Waals surface area contributed by atoms with Crippen LogP contribution in [0.25, 0.3) is 0 Å². The van der Waals surface area contributed by atoms with Crippen molar-refractivity contribution in [3.05, 3.63) is 12.3 Å². The number of likely N-dealkylation sites (tertiary alicyclic amines) is 1. The summed E-state index contributed by atoms with van der Waals surface area (Å²) in [6.45, 7) is 18.5. The van der Waals surface area contributed by atoms with Gasteiger partial charge in [-0.1, -0.05) is 41.2 Å². The third kappa shape index (κ3) is 7.06. The maximum atomic E-state index is 12.0. The van der Waals surface area contributed by atoms with Crippen LogP contribution in [-0.2, 0) is 9.59 Å². The minimum Gasteiger partial charge on any atom is -0.392 e. The minimum atomic E-state index is 0.124. The summed E-state index contributed by atoms with van der Waals surface area (Å²) in [5, 5.41) is 2.83. The zero-order chi connectivity index (χ0) is 18.4. The quantitative estimate of drug-likeness (QED) is 0.765.